The molecule has 0 bridgehead atoms. The SMILES string of the molecule is CC1=CCC(C)(C)c2cc3[cH-]c4cc5c(cc4c3cc21)C(C)=CCC5(C)C.C[C](=[Zr+2])c1ccccc1.[C-]1=CC=CC1.[Cl-].[Cl-]. The molecule has 0 atom stereocenters. The zero-order chi connectivity index (χ0) is 29.4. The van der Waals surface area contributed by atoms with Gasteiger partial charge >= 0.3 is 70.3 Å². The predicted octanol–water partition coefficient (Wildman–Crippen LogP) is 4.97. The summed E-state index contributed by atoms with van der Waals surface area (Å²) in [6.45, 7) is 16.2. The molecule has 0 spiro atoms. The minimum absolute atomic E-state index is 0. The Hall–Kier alpha value is -2.18. The first kappa shape index (κ1) is 35.3. The van der Waals surface area contributed by atoms with Crippen LogP contribution in [0.2, 0.25) is 0 Å². The first-order valence-electron chi connectivity index (χ1n) is 14.9. The fourth-order valence-electron chi connectivity index (χ4n) is 6.16. The molecule has 0 saturated carbocycles. The number of halogens is 2. The maximum atomic E-state index is 2.99. The molecule has 0 saturated heterocycles. The molecule has 3 aliphatic carbocycles. The number of fused-ring (bicyclic) bond motifs is 5. The molecular formula is C40H42Cl2Zr-2. The van der Waals surface area contributed by atoms with Gasteiger partial charge in [0.25, 0.3) is 0 Å². The second-order valence-corrected chi connectivity index (χ2v) is 14.9. The van der Waals surface area contributed by atoms with E-state index in [2.05, 4.69) is 127 Å². The van der Waals surface area contributed by atoms with Gasteiger partial charge in [-0.2, -0.15) is 6.08 Å². The summed E-state index contributed by atoms with van der Waals surface area (Å²) in [7, 11) is 0. The van der Waals surface area contributed by atoms with Gasteiger partial charge < -0.3 is 24.8 Å². The molecule has 0 nitrogen and oxygen atoms in total. The molecule has 3 heteroatoms. The van der Waals surface area contributed by atoms with Crippen LogP contribution in [0.5, 0.6) is 0 Å². The van der Waals surface area contributed by atoms with Gasteiger partial charge in [0.15, 0.2) is 0 Å². The van der Waals surface area contributed by atoms with E-state index in [1.54, 1.807) is 0 Å². The number of allylic oxidation sites excluding steroid dienone is 8. The number of benzene rings is 3. The summed E-state index contributed by atoms with van der Waals surface area (Å²) >= 11 is 1.51. The maximum absolute atomic E-state index is 2.99. The van der Waals surface area contributed by atoms with E-state index in [0.717, 1.165) is 19.3 Å². The molecule has 0 fully saturated rings. The molecule has 0 aromatic heterocycles. The van der Waals surface area contributed by atoms with Gasteiger partial charge in [-0.15, -0.1) is 46.2 Å². The van der Waals surface area contributed by atoms with Gasteiger partial charge in [-0.3, -0.25) is 6.08 Å². The third-order valence-corrected chi connectivity index (χ3v) is 9.63. The van der Waals surface area contributed by atoms with E-state index in [0.29, 0.717) is 0 Å². The molecule has 0 aliphatic heterocycles. The Kier molecular flexibility index (Phi) is 11.7. The Bertz CT molecular complexity index is 1640. The third kappa shape index (κ3) is 7.56. The van der Waals surface area contributed by atoms with Crippen molar-refractivity contribution in [3.05, 3.63) is 125 Å². The largest absolute Gasteiger partial charge is 1.00 e. The van der Waals surface area contributed by atoms with Gasteiger partial charge in [0.1, 0.15) is 0 Å². The van der Waals surface area contributed by atoms with Crippen molar-refractivity contribution in [1.29, 1.82) is 0 Å². The van der Waals surface area contributed by atoms with Crippen molar-refractivity contribution in [2.75, 3.05) is 0 Å². The van der Waals surface area contributed by atoms with E-state index in [4.69, 9.17) is 0 Å². The van der Waals surface area contributed by atoms with Crippen molar-refractivity contribution in [3.63, 3.8) is 0 Å². The summed E-state index contributed by atoms with van der Waals surface area (Å²) < 4.78 is 1.46. The van der Waals surface area contributed by atoms with Crippen molar-refractivity contribution in [3.8, 4) is 0 Å². The Morgan fingerprint density at radius 1 is 0.767 bits per heavy atom. The summed E-state index contributed by atoms with van der Waals surface area (Å²) in [6.07, 6.45) is 17.1. The quantitative estimate of drug-likeness (QED) is 0.249. The van der Waals surface area contributed by atoms with Gasteiger partial charge in [-0.1, -0.05) is 63.1 Å². The normalized spacial score (nSPS) is 16.7. The van der Waals surface area contributed by atoms with Crippen molar-refractivity contribution < 1.29 is 49.0 Å². The maximum Gasteiger partial charge on any atom is -0.109 e. The molecule has 4 aromatic carbocycles. The van der Waals surface area contributed by atoms with Crippen LogP contribution in [0.25, 0.3) is 32.7 Å². The Labute approximate surface area is 286 Å². The van der Waals surface area contributed by atoms with Gasteiger partial charge in [-0.25, -0.2) is 12.2 Å². The van der Waals surface area contributed by atoms with Crippen molar-refractivity contribution in [2.45, 2.75) is 78.6 Å². The van der Waals surface area contributed by atoms with Gasteiger partial charge in [0.2, 0.25) is 0 Å². The van der Waals surface area contributed by atoms with E-state index < -0.39 is 0 Å². The molecule has 43 heavy (non-hydrogen) atoms. The van der Waals surface area contributed by atoms with Crippen LogP contribution < -0.4 is 24.8 Å². The topological polar surface area (TPSA) is 0 Å². The summed E-state index contributed by atoms with van der Waals surface area (Å²) in [4.78, 5) is 0. The van der Waals surface area contributed by atoms with E-state index in [1.807, 2.05) is 18.2 Å². The molecule has 0 amide bonds. The first-order chi connectivity index (χ1) is 19.5. The van der Waals surface area contributed by atoms with Crippen LogP contribution in [0.3, 0.4) is 0 Å². The molecule has 4 aromatic rings. The molecule has 0 heterocycles. The Morgan fingerprint density at radius 3 is 1.60 bits per heavy atom. The zero-order valence-corrected chi connectivity index (χ0v) is 30.5. The molecule has 0 radical (unpaired) electrons. The first-order valence-corrected chi connectivity index (χ1v) is 16.1. The van der Waals surface area contributed by atoms with Crippen LogP contribution in [0.15, 0.2) is 91.0 Å². The number of hydrogen-bond acceptors (Lipinski definition) is 0. The van der Waals surface area contributed by atoms with E-state index in [-0.39, 0.29) is 35.6 Å². The standard InChI is InChI=1S/C27H29.C8H8.C5H5.2ClH.Zr/c1-16-7-9-26(3,4)24-12-18-11-19-13-25-21(17(2)8-10-27(25,5)6)15-23(19)22(18)14-20(16)24;1-2-8-6-4-3-5-7-8;1-2-4-5-3-1;;;/h7-8,11-15H,9-10H2,1-6H3;3-7H,1H3;1-3H,4H2;2*1H;/q-1;;-1;;;+2/p-2. The smallest absolute Gasteiger partial charge is 0.109 e. The van der Waals surface area contributed by atoms with Crippen molar-refractivity contribution in [2.24, 2.45) is 0 Å². The van der Waals surface area contributed by atoms with Crippen LogP contribution >= 0.6 is 0 Å². The average molecular weight is 685 g/mol. The summed E-state index contributed by atoms with van der Waals surface area (Å²) in [6, 6.07) is 22.7. The van der Waals surface area contributed by atoms with E-state index in [9.17, 15) is 0 Å². The van der Waals surface area contributed by atoms with E-state index in [1.165, 1.54) is 87.9 Å². The van der Waals surface area contributed by atoms with Gasteiger partial charge in [0, 0.05) is 0 Å². The van der Waals surface area contributed by atoms with Crippen molar-refractivity contribution >= 4 is 35.9 Å². The molecule has 222 valence electrons. The molecular weight excluding hydrogens is 643 g/mol. The van der Waals surface area contributed by atoms with E-state index >= 15 is 0 Å². The average Bonchev–Trinajstić information content (AvgIpc) is 3.65. The van der Waals surface area contributed by atoms with Crippen LogP contribution in [0.1, 0.15) is 95.5 Å². The summed E-state index contributed by atoms with van der Waals surface area (Å²) in [5.41, 5.74) is 10.5. The molecule has 7 rings (SSSR count). The molecule has 3 aliphatic rings. The second kappa shape index (κ2) is 14.3. The fraction of sp³-hybridized carbons (Fsp3) is 0.300. The second-order valence-electron chi connectivity index (χ2n) is 13.1. The van der Waals surface area contributed by atoms with Crippen LogP contribution in [-0.2, 0) is 35.1 Å². The molecule has 0 unspecified atom stereocenters. The molecule has 0 N–H and O–H groups in total. The predicted molar refractivity (Wildman–Crippen MR) is 177 cm³/mol. The van der Waals surface area contributed by atoms with Crippen molar-refractivity contribution in [1.82, 2.24) is 0 Å². The van der Waals surface area contributed by atoms with Gasteiger partial charge in [-0.05, 0) is 59.8 Å². The monoisotopic (exact) mass is 682 g/mol. The summed E-state index contributed by atoms with van der Waals surface area (Å²) in [5, 5.41) is 5.61. The third-order valence-electron chi connectivity index (χ3n) is 8.92. The van der Waals surface area contributed by atoms with Crippen LogP contribution in [-0.4, -0.2) is 3.21 Å². The number of rotatable bonds is 1. The minimum atomic E-state index is 0. The minimum Gasteiger partial charge on any atom is -1.00 e. The summed E-state index contributed by atoms with van der Waals surface area (Å²) in [5.74, 6) is 0. The Balaban J connectivity index is 0.000000263. The van der Waals surface area contributed by atoms with Gasteiger partial charge in [0.05, 0.1) is 0 Å². The van der Waals surface area contributed by atoms with Crippen LogP contribution in [0, 0.1) is 6.08 Å². The number of hydrogen-bond donors (Lipinski definition) is 0. The Morgan fingerprint density at radius 2 is 1.26 bits per heavy atom. The zero-order valence-electron chi connectivity index (χ0n) is 26.5. The van der Waals surface area contributed by atoms with Crippen LogP contribution in [0.4, 0.5) is 0 Å². The fourth-order valence-corrected chi connectivity index (χ4v) is 6.57.